The lowest BCUT2D eigenvalue weighted by Gasteiger charge is -2.36. The Morgan fingerprint density at radius 3 is 2.39 bits per heavy atom. The van der Waals surface area contributed by atoms with Gasteiger partial charge in [0, 0.05) is 11.3 Å². The van der Waals surface area contributed by atoms with E-state index in [0.29, 0.717) is 11.3 Å². The molecular formula is C18H21NO4. The number of rotatable bonds is 3. The van der Waals surface area contributed by atoms with Crippen molar-refractivity contribution in [2.24, 2.45) is 5.92 Å². The van der Waals surface area contributed by atoms with E-state index in [0.717, 1.165) is 32.1 Å². The topological polar surface area (TPSA) is 72.5 Å². The molecule has 1 saturated carbocycles. The maximum absolute atomic E-state index is 12.6. The van der Waals surface area contributed by atoms with Gasteiger partial charge in [0.15, 0.2) is 5.78 Å². The van der Waals surface area contributed by atoms with E-state index in [-0.39, 0.29) is 24.1 Å². The summed E-state index contributed by atoms with van der Waals surface area (Å²) in [6.07, 6.45) is 4.78. The van der Waals surface area contributed by atoms with E-state index >= 15 is 0 Å². The molecular weight excluding hydrogens is 294 g/mol. The molecule has 122 valence electrons. The maximum Gasteiger partial charge on any atom is 0.307 e. The van der Waals surface area contributed by atoms with Gasteiger partial charge in [-0.15, -0.1) is 0 Å². The largest absolute Gasteiger partial charge is 0.458 e. The number of anilines is 1. The smallest absolute Gasteiger partial charge is 0.307 e. The van der Waals surface area contributed by atoms with Crippen LogP contribution in [0.4, 0.5) is 5.69 Å². The van der Waals surface area contributed by atoms with Gasteiger partial charge in [-0.1, -0.05) is 6.42 Å². The number of esters is 1. The highest BCUT2D eigenvalue weighted by molar-refractivity contribution is 5.98. The summed E-state index contributed by atoms with van der Waals surface area (Å²) in [5, 5.41) is 2.86. The number of nitrogens with one attached hydrogen (secondary N) is 1. The van der Waals surface area contributed by atoms with Crippen molar-refractivity contribution in [1.29, 1.82) is 0 Å². The summed E-state index contributed by atoms with van der Waals surface area (Å²) in [7, 11) is 0. The Bertz CT molecular complexity index is 629. The van der Waals surface area contributed by atoms with Gasteiger partial charge in [-0.3, -0.25) is 14.4 Å². The summed E-state index contributed by atoms with van der Waals surface area (Å²) in [5.41, 5.74) is 0.620. The van der Waals surface area contributed by atoms with E-state index in [1.807, 2.05) is 0 Å². The monoisotopic (exact) mass is 315 g/mol. The van der Waals surface area contributed by atoms with E-state index in [1.54, 1.807) is 24.3 Å². The lowest BCUT2D eigenvalue weighted by Crippen LogP contribution is -2.43. The Labute approximate surface area is 135 Å². The number of ether oxygens (including phenoxy) is 1. The van der Waals surface area contributed by atoms with Crippen LogP contribution in [0, 0.1) is 5.92 Å². The Hall–Kier alpha value is -2.17. The van der Waals surface area contributed by atoms with Crippen LogP contribution in [0.15, 0.2) is 24.3 Å². The lowest BCUT2D eigenvalue weighted by atomic mass is 9.75. The number of hydrogen-bond donors (Lipinski definition) is 1. The SMILES string of the molecule is CC(=O)c1ccc(NC(=O)[C@@H]2CC(=O)OC23CCCCC3)cc1. The molecule has 1 N–H and O–H groups in total. The molecule has 0 bridgehead atoms. The van der Waals surface area contributed by atoms with Crippen LogP contribution in [0.3, 0.4) is 0 Å². The van der Waals surface area contributed by atoms with Crippen molar-refractivity contribution in [3.8, 4) is 0 Å². The Morgan fingerprint density at radius 2 is 1.78 bits per heavy atom. The Morgan fingerprint density at radius 1 is 1.13 bits per heavy atom. The number of hydrogen-bond acceptors (Lipinski definition) is 4. The van der Waals surface area contributed by atoms with E-state index in [2.05, 4.69) is 5.32 Å². The van der Waals surface area contributed by atoms with Gasteiger partial charge in [0.2, 0.25) is 5.91 Å². The fourth-order valence-corrected chi connectivity index (χ4v) is 3.64. The van der Waals surface area contributed by atoms with E-state index in [9.17, 15) is 14.4 Å². The van der Waals surface area contributed by atoms with Gasteiger partial charge in [0.25, 0.3) is 0 Å². The minimum Gasteiger partial charge on any atom is -0.458 e. The molecule has 1 atom stereocenters. The normalized spacial score (nSPS) is 22.7. The number of Topliss-reactive ketones (excluding diaryl/α,β-unsaturated/α-hetero) is 1. The maximum atomic E-state index is 12.6. The average Bonchev–Trinajstić information content (AvgIpc) is 2.84. The minimum absolute atomic E-state index is 0.0150. The molecule has 3 rings (SSSR count). The summed E-state index contributed by atoms with van der Waals surface area (Å²) in [6, 6.07) is 6.79. The van der Waals surface area contributed by atoms with Crippen molar-refractivity contribution in [1.82, 2.24) is 0 Å². The van der Waals surface area contributed by atoms with Crippen LogP contribution in [0.2, 0.25) is 0 Å². The third-order valence-electron chi connectivity index (χ3n) is 4.90. The third-order valence-corrected chi connectivity index (χ3v) is 4.90. The van der Waals surface area contributed by atoms with Crippen molar-refractivity contribution < 1.29 is 19.1 Å². The number of ketones is 1. The zero-order valence-electron chi connectivity index (χ0n) is 13.3. The fraction of sp³-hybridized carbons (Fsp3) is 0.500. The first-order chi connectivity index (χ1) is 11.0. The lowest BCUT2D eigenvalue weighted by molar-refractivity contribution is -0.153. The second kappa shape index (κ2) is 6.14. The zero-order valence-corrected chi connectivity index (χ0v) is 13.3. The number of carbonyl (C=O) groups excluding carboxylic acids is 3. The van der Waals surface area contributed by atoms with Crippen LogP contribution < -0.4 is 5.32 Å². The number of amides is 1. The molecule has 1 aliphatic heterocycles. The van der Waals surface area contributed by atoms with Gasteiger partial charge in [0.1, 0.15) is 5.60 Å². The van der Waals surface area contributed by atoms with E-state index in [1.165, 1.54) is 6.92 Å². The molecule has 2 fully saturated rings. The van der Waals surface area contributed by atoms with Crippen molar-refractivity contribution >= 4 is 23.3 Å². The molecule has 0 aromatic heterocycles. The summed E-state index contributed by atoms with van der Waals surface area (Å²) in [5.74, 6) is -0.895. The quantitative estimate of drug-likeness (QED) is 0.687. The minimum atomic E-state index is -0.612. The van der Waals surface area contributed by atoms with Gasteiger partial charge in [-0.05, 0) is 56.9 Å². The van der Waals surface area contributed by atoms with Gasteiger partial charge >= 0.3 is 5.97 Å². The van der Waals surface area contributed by atoms with Gasteiger partial charge < -0.3 is 10.1 Å². The third kappa shape index (κ3) is 3.14. The molecule has 1 saturated heterocycles. The molecule has 5 nitrogen and oxygen atoms in total. The molecule has 5 heteroatoms. The van der Waals surface area contributed by atoms with Crippen molar-refractivity contribution in [3.05, 3.63) is 29.8 Å². The zero-order chi connectivity index (χ0) is 16.4. The van der Waals surface area contributed by atoms with Gasteiger partial charge in [-0.25, -0.2) is 0 Å². The summed E-state index contributed by atoms with van der Waals surface area (Å²) in [6.45, 7) is 1.50. The molecule has 1 aromatic carbocycles. The van der Waals surface area contributed by atoms with Crippen molar-refractivity contribution in [2.75, 3.05) is 5.32 Å². The molecule has 2 aliphatic rings. The van der Waals surface area contributed by atoms with Crippen LogP contribution in [0.25, 0.3) is 0 Å². The van der Waals surface area contributed by atoms with E-state index in [4.69, 9.17) is 4.74 Å². The fourth-order valence-electron chi connectivity index (χ4n) is 3.64. The molecule has 1 aliphatic carbocycles. The predicted octanol–water partition coefficient (Wildman–Crippen LogP) is 3.09. The molecule has 1 heterocycles. The standard InChI is InChI=1S/C18H21NO4/c1-12(20)13-5-7-14(8-6-13)19-17(22)15-11-16(21)23-18(15)9-3-2-4-10-18/h5-8,15H,2-4,9-11H2,1H3,(H,19,22)/t15-/m0/s1. The first-order valence-corrected chi connectivity index (χ1v) is 8.14. The molecule has 0 unspecified atom stereocenters. The second-order valence-electron chi connectivity index (χ2n) is 6.48. The van der Waals surface area contributed by atoms with Crippen LogP contribution in [0.1, 0.15) is 55.8 Å². The van der Waals surface area contributed by atoms with E-state index < -0.39 is 11.5 Å². The Kier molecular flexibility index (Phi) is 4.20. The van der Waals surface area contributed by atoms with Gasteiger partial charge in [-0.2, -0.15) is 0 Å². The van der Waals surface area contributed by atoms with Crippen LogP contribution in [-0.4, -0.2) is 23.3 Å². The van der Waals surface area contributed by atoms with Crippen LogP contribution >= 0.6 is 0 Å². The molecule has 1 aromatic rings. The van der Waals surface area contributed by atoms with Crippen LogP contribution in [0.5, 0.6) is 0 Å². The Balaban J connectivity index is 1.73. The highest BCUT2D eigenvalue weighted by atomic mass is 16.6. The first kappa shape index (κ1) is 15.7. The summed E-state index contributed by atoms with van der Waals surface area (Å²) < 4.78 is 5.57. The average molecular weight is 315 g/mol. The highest BCUT2D eigenvalue weighted by Gasteiger charge is 2.52. The summed E-state index contributed by atoms with van der Waals surface area (Å²) >= 11 is 0. The molecule has 0 radical (unpaired) electrons. The molecule has 1 spiro atoms. The number of carbonyl (C=O) groups is 3. The molecule has 1 amide bonds. The van der Waals surface area contributed by atoms with Crippen LogP contribution in [-0.2, 0) is 14.3 Å². The highest BCUT2D eigenvalue weighted by Crippen LogP contribution is 2.44. The van der Waals surface area contributed by atoms with Gasteiger partial charge in [0.05, 0.1) is 12.3 Å². The molecule has 23 heavy (non-hydrogen) atoms. The second-order valence-corrected chi connectivity index (χ2v) is 6.48. The van der Waals surface area contributed by atoms with Crippen molar-refractivity contribution in [2.45, 2.75) is 51.0 Å². The first-order valence-electron chi connectivity index (χ1n) is 8.14. The predicted molar refractivity (Wildman–Crippen MR) is 85.1 cm³/mol. The summed E-state index contributed by atoms with van der Waals surface area (Å²) in [4.78, 5) is 35.7. The van der Waals surface area contributed by atoms with Crippen molar-refractivity contribution in [3.63, 3.8) is 0 Å². The number of benzene rings is 1.